The molecule has 4 aromatic rings. The number of anilines is 1. The van der Waals surface area contributed by atoms with Crippen LogP contribution in [0.3, 0.4) is 0 Å². The smallest absolute Gasteiger partial charge is 0.435 e. The van der Waals surface area contributed by atoms with Crippen molar-refractivity contribution < 1.29 is 26.3 Å². The first-order valence-corrected chi connectivity index (χ1v) is 11.4. The number of nitrogens with two attached hydrogens (primary N) is 1. The zero-order valence-corrected chi connectivity index (χ0v) is 18.6. The molecule has 0 saturated carbocycles. The molecule has 0 bridgehead atoms. The van der Waals surface area contributed by atoms with Crippen LogP contribution in [0.25, 0.3) is 28.1 Å². The molecule has 7 nitrogen and oxygen atoms in total. The van der Waals surface area contributed by atoms with Crippen molar-refractivity contribution in [3.05, 3.63) is 84.6 Å². The van der Waals surface area contributed by atoms with Crippen molar-refractivity contribution in [3.8, 4) is 33.8 Å². The molecule has 176 valence electrons. The molecule has 11 heteroatoms. The van der Waals surface area contributed by atoms with Gasteiger partial charge in [-0.25, -0.2) is 9.82 Å². The molecule has 0 amide bonds. The molecule has 0 aliphatic carbocycles. The molecule has 34 heavy (non-hydrogen) atoms. The first kappa shape index (κ1) is 23.3. The van der Waals surface area contributed by atoms with Crippen LogP contribution in [0.5, 0.6) is 5.75 Å². The van der Waals surface area contributed by atoms with Crippen LogP contribution in [0.1, 0.15) is 5.69 Å². The van der Waals surface area contributed by atoms with Crippen LogP contribution in [0.15, 0.2) is 78.9 Å². The van der Waals surface area contributed by atoms with Crippen molar-refractivity contribution in [1.82, 2.24) is 9.78 Å². The highest BCUT2D eigenvalue weighted by atomic mass is 32.2. The first-order chi connectivity index (χ1) is 16.0. The minimum absolute atomic E-state index is 0.167. The van der Waals surface area contributed by atoms with Crippen molar-refractivity contribution in [3.63, 3.8) is 0 Å². The number of alkyl halides is 3. The normalized spacial score (nSPS) is 11.9. The fourth-order valence-corrected chi connectivity index (χ4v) is 3.84. The second-order valence-corrected chi connectivity index (χ2v) is 8.62. The van der Waals surface area contributed by atoms with Crippen molar-refractivity contribution in [1.29, 1.82) is 0 Å². The summed E-state index contributed by atoms with van der Waals surface area (Å²) in [5.41, 5.74) is 1.98. The highest BCUT2D eigenvalue weighted by molar-refractivity contribution is 7.90. The lowest BCUT2D eigenvalue weighted by Crippen LogP contribution is -2.21. The maximum atomic E-state index is 13.4. The van der Waals surface area contributed by atoms with Gasteiger partial charge in [0, 0.05) is 11.3 Å². The van der Waals surface area contributed by atoms with E-state index in [-0.39, 0.29) is 11.4 Å². The minimum atomic E-state index is -4.64. The van der Waals surface area contributed by atoms with E-state index in [2.05, 4.69) is 9.82 Å². The van der Waals surface area contributed by atoms with Crippen LogP contribution in [0, 0.1) is 0 Å². The molecule has 0 fully saturated rings. The Hall–Kier alpha value is -3.83. The van der Waals surface area contributed by atoms with Crippen LogP contribution in [0.2, 0.25) is 0 Å². The van der Waals surface area contributed by atoms with Crippen LogP contribution in [0.4, 0.5) is 18.9 Å². The van der Waals surface area contributed by atoms with Gasteiger partial charge in [-0.3, -0.25) is 4.72 Å². The lowest BCUT2D eigenvalue weighted by Gasteiger charge is -2.10. The number of aromatic nitrogens is 2. The first-order valence-electron chi connectivity index (χ1n) is 9.86. The average Bonchev–Trinajstić information content (AvgIpc) is 3.25. The SMILES string of the molecule is COc1ccc(-c2ccc(-c3cc(C(F)(F)F)nn3-c3ccc(NS(N)(=O)=O)cc3)cc2)cc1. The summed E-state index contributed by atoms with van der Waals surface area (Å²) >= 11 is 0. The Labute approximate surface area is 193 Å². The molecule has 3 N–H and O–H groups in total. The number of methoxy groups -OCH3 is 1. The Kier molecular flexibility index (Phi) is 6.07. The van der Waals surface area contributed by atoms with Gasteiger partial charge in [-0.15, -0.1) is 0 Å². The van der Waals surface area contributed by atoms with Gasteiger partial charge < -0.3 is 4.74 Å². The summed E-state index contributed by atoms with van der Waals surface area (Å²) in [4.78, 5) is 0. The number of halogens is 3. The van der Waals surface area contributed by atoms with Crippen LogP contribution >= 0.6 is 0 Å². The third-order valence-corrected chi connectivity index (χ3v) is 5.50. The van der Waals surface area contributed by atoms with Crippen LogP contribution in [-0.2, 0) is 16.4 Å². The summed E-state index contributed by atoms with van der Waals surface area (Å²) in [7, 11) is -2.40. The van der Waals surface area contributed by atoms with Gasteiger partial charge in [-0.1, -0.05) is 36.4 Å². The standard InChI is InChI=1S/C23H19F3N4O3S/c1-33-20-12-6-16(7-13-20)15-2-4-17(5-3-15)21-14-22(23(24,25)26)28-30(21)19-10-8-18(9-11-19)29-34(27,31)32/h2-14,29H,1H3,(H2,27,31,32). The molecule has 0 atom stereocenters. The lowest BCUT2D eigenvalue weighted by molar-refractivity contribution is -0.141. The molecule has 3 aromatic carbocycles. The van der Waals surface area contributed by atoms with Crippen molar-refractivity contribution in [2.45, 2.75) is 6.18 Å². The third-order valence-electron chi connectivity index (χ3n) is 4.98. The van der Waals surface area contributed by atoms with Crippen LogP contribution in [-0.4, -0.2) is 25.3 Å². The summed E-state index contributed by atoms with van der Waals surface area (Å²) in [5, 5.41) is 8.70. The van der Waals surface area contributed by atoms with Crippen molar-refractivity contribution >= 4 is 15.9 Å². The fourth-order valence-electron chi connectivity index (χ4n) is 3.37. The van der Waals surface area contributed by atoms with E-state index in [1.807, 2.05) is 24.3 Å². The second-order valence-electron chi connectivity index (χ2n) is 7.32. The van der Waals surface area contributed by atoms with Crippen molar-refractivity contribution in [2.75, 3.05) is 11.8 Å². The Morgan fingerprint density at radius 1 is 0.882 bits per heavy atom. The maximum absolute atomic E-state index is 13.4. The van der Waals surface area contributed by atoms with E-state index >= 15 is 0 Å². The van der Waals surface area contributed by atoms with Gasteiger partial charge in [0.2, 0.25) is 0 Å². The van der Waals surface area contributed by atoms with Gasteiger partial charge in [0.1, 0.15) is 5.75 Å². The van der Waals surface area contributed by atoms with E-state index in [9.17, 15) is 21.6 Å². The Morgan fingerprint density at radius 3 is 1.91 bits per heavy atom. The summed E-state index contributed by atoms with van der Waals surface area (Å²) in [5.74, 6) is 0.717. The molecule has 0 unspecified atom stereocenters. The highest BCUT2D eigenvalue weighted by Gasteiger charge is 2.35. The minimum Gasteiger partial charge on any atom is -0.497 e. The number of nitrogens with zero attached hydrogens (tertiary/aromatic N) is 2. The monoisotopic (exact) mass is 488 g/mol. The molecule has 4 rings (SSSR count). The molecule has 0 spiro atoms. The number of benzene rings is 3. The molecule has 0 aliphatic rings. The van der Waals surface area contributed by atoms with E-state index in [1.165, 1.54) is 24.3 Å². The molecular weight excluding hydrogens is 469 g/mol. The van der Waals surface area contributed by atoms with E-state index in [1.54, 1.807) is 31.4 Å². The predicted molar refractivity (Wildman–Crippen MR) is 123 cm³/mol. The maximum Gasteiger partial charge on any atom is 0.435 e. The molecule has 0 radical (unpaired) electrons. The van der Waals surface area contributed by atoms with Gasteiger partial charge in [0.15, 0.2) is 5.69 Å². The Balaban J connectivity index is 1.72. The van der Waals surface area contributed by atoms with E-state index < -0.39 is 22.1 Å². The highest BCUT2D eigenvalue weighted by Crippen LogP contribution is 2.34. The van der Waals surface area contributed by atoms with Gasteiger partial charge in [0.05, 0.1) is 18.5 Å². The average molecular weight is 488 g/mol. The van der Waals surface area contributed by atoms with E-state index in [0.717, 1.165) is 21.9 Å². The van der Waals surface area contributed by atoms with E-state index in [0.29, 0.717) is 17.0 Å². The number of hydrogen-bond donors (Lipinski definition) is 2. The molecule has 0 aliphatic heterocycles. The number of hydrogen-bond acceptors (Lipinski definition) is 4. The Morgan fingerprint density at radius 2 is 1.41 bits per heavy atom. The van der Waals surface area contributed by atoms with Crippen molar-refractivity contribution in [2.24, 2.45) is 5.14 Å². The lowest BCUT2D eigenvalue weighted by atomic mass is 10.0. The van der Waals surface area contributed by atoms with Gasteiger partial charge in [0.25, 0.3) is 10.2 Å². The zero-order chi connectivity index (χ0) is 24.5. The summed E-state index contributed by atoms with van der Waals surface area (Å²) in [6, 6.07) is 21.1. The largest absolute Gasteiger partial charge is 0.497 e. The van der Waals surface area contributed by atoms with Gasteiger partial charge in [-0.2, -0.15) is 26.7 Å². The molecule has 1 aromatic heterocycles. The molecule has 1 heterocycles. The quantitative estimate of drug-likeness (QED) is 0.405. The van der Waals surface area contributed by atoms with E-state index in [4.69, 9.17) is 9.88 Å². The second kappa shape index (κ2) is 8.84. The van der Waals surface area contributed by atoms with Gasteiger partial charge >= 0.3 is 6.18 Å². The summed E-state index contributed by atoms with van der Waals surface area (Å²) < 4.78 is 71.1. The third kappa shape index (κ3) is 5.21. The number of rotatable bonds is 6. The molecule has 0 saturated heterocycles. The molecular formula is C23H19F3N4O3S. The topological polar surface area (TPSA) is 99.2 Å². The number of ether oxygens (including phenoxy) is 1. The zero-order valence-electron chi connectivity index (χ0n) is 17.7. The van der Waals surface area contributed by atoms with Gasteiger partial charge in [-0.05, 0) is 53.6 Å². The Bertz CT molecular complexity index is 1400. The fraction of sp³-hybridized carbons (Fsp3) is 0.0870. The summed E-state index contributed by atoms with van der Waals surface area (Å²) in [6.07, 6.45) is -4.64. The number of nitrogens with one attached hydrogen (secondary N) is 1. The predicted octanol–water partition coefficient (Wildman–Crippen LogP) is 4.85. The van der Waals surface area contributed by atoms with Crippen LogP contribution < -0.4 is 14.6 Å². The summed E-state index contributed by atoms with van der Waals surface area (Å²) in [6.45, 7) is 0.